The first-order valence-electron chi connectivity index (χ1n) is 6.22. The predicted molar refractivity (Wildman–Crippen MR) is 83.3 cm³/mol. The number of benzene rings is 1. The van der Waals surface area contributed by atoms with Crippen LogP contribution in [0.25, 0.3) is 0 Å². The zero-order chi connectivity index (χ0) is 13.2. The van der Waals surface area contributed by atoms with E-state index in [9.17, 15) is 0 Å². The Labute approximate surface area is 125 Å². The minimum Gasteiger partial charge on any atom is -0.340 e. The molecule has 3 nitrogen and oxygen atoms in total. The van der Waals surface area contributed by atoms with Crippen molar-refractivity contribution in [2.75, 3.05) is 11.6 Å². The third-order valence-corrected chi connectivity index (χ3v) is 4.28. The monoisotopic (exact) mass is 335 g/mol. The number of halogens is 1. The van der Waals surface area contributed by atoms with Gasteiger partial charge in [0, 0.05) is 15.7 Å². The molecule has 0 spiro atoms. The van der Waals surface area contributed by atoms with Gasteiger partial charge in [0.25, 0.3) is 0 Å². The zero-order valence-corrected chi connectivity index (χ0v) is 13.0. The summed E-state index contributed by atoms with van der Waals surface area (Å²) in [5, 5.41) is 4.27. The standard InChI is InChI=1S/C14H14BrN3S/c1-19-14-17-12-4-2-3-11(12)13(18-14)16-10-7-5-9(15)6-8-10/h5-8H,2-4H2,1H3,(H,16,17,18). The van der Waals surface area contributed by atoms with Gasteiger partial charge in [-0.3, -0.25) is 0 Å². The average Bonchev–Trinajstić information content (AvgIpc) is 2.89. The Kier molecular flexibility index (Phi) is 3.75. The van der Waals surface area contributed by atoms with Crippen molar-refractivity contribution in [3.63, 3.8) is 0 Å². The molecule has 98 valence electrons. The van der Waals surface area contributed by atoms with E-state index in [1.807, 2.05) is 30.5 Å². The molecule has 0 bridgehead atoms. The van der Waals surface area contributed by atoms with Crippen LogP contribution in [-0.4, -0.2) is 16.2 Å². The first-order chi connectivity index (χ1) is 9.26. The molecule has 1 N–H and O–H groups in total. The molecule has 1 aliphatic rings. The van der Waals surface area contributed by atoms with Crippen molar-refractivity contribution in [1.29, 1.82) is 0 Å². The molecule has 0 aliphatic heterocycles. The van der Waals surface area contributed by atoms with Gasteiger partial charge in [0.15, 0.2) is 5.16 Å². The molecule has 0 saturated heterocycles. The van der Waals surface area contributed by atoms with E-state index in [0.29, 0.717) is 0 Å². The van der Waals surface area contributed by atoms with Gasteiger partial charge in [-0.2, -0.15) is 0 Å². The van der Waals surface area contributed by atoms with Crippen LogP contribution in [0.2, 0.25) is 0 Å². The van der Waals surface area contributed by atoms with E-state index in [1.54, 1.807) is 11.8 Å². The highest BCUT2D eigenvalue weighted by atomic mass is 79.9. The Morgan fingerprint density at radius 3 is 2.68 bits per heavy atom. The summed E-state index contributed by atoms with van der Waals surface area (Å²) < 4.78 is 1.08. The van der Waals surface area contributed by atoms with Crippen LogP contribution in [0.3, 0.4) is 0 Å². The smallest absolute Gasteiger partial charge is 0.189 e. The zero-order valence-electron chi connectivity index (χ0n) is 10.6. The molecule has 5 heteroatoms. The highest BCUT2D eigenvalue weighted by molar-refractivity contribution is 9.10. The van der Waals surface area contributed by atoms with Crippen LogP contribution in [-0.2, 0) is 12.8 Å². The second kappa shape index (κ2) is 5.51. The molecule has 19 heavy (non-hydrogen) atoms. The van der Waals surface area contributed by atoms with E-state index in [4.69, 9.17) is 0 Å². The van der Waals surface area contributed by atoms with Crippen LogP contribution >= 0.6 is 27.7 Å². The number of aryl methyl sites for hydroxylation is 1. The van der Waals surface area contributed by atoms with Crippen molar-refractivity contribution in [2.24, 2.45) is 0 Å². The highest BCUT2D eigenvalue weighted by Gasteiger charge is 2.19. The molecular weight excluding hydrogens is 322 g/mol. The molecule has 0 radical (unpaired) electrons. The molecule has 0 unspecified atom stereocenters. The van der Waals surface area contributed by atoms with Gasteiger partial charge in [-0.05, 0) is 49.8 Å². The van der Waals surface area contributed by atoms with E-state index in [2.05, 4.69) is 31.2 Å². The lowest BCUT2D eigenvalue weighted by Crippen LogP contribution is -2.02. The van der Waals surface area contributed by atoms with Gasteiger partial charge < -0.3 is 5.32 Å². The Morgan fingerprint density at radius 1 is 1.16 bits per heavy atom. The van der Waals surface area contributed by atoms with Crippen molar-refractivity contribution in [1.82, 2.24) is 9.97 Å². The van der Waals surface area contributed by atoms with Gasteiger partial charge >= 0.3 is 0 Å². The first kappa shape index (κ1) is 12.9. The summed E-state index contributed by atoms with van der Waals surface area (Å²) in [4.78, 5) is 9.20. The van der Waals surface area contributed by atoms with Crippen molar-refractivity contribution in [3.05, 3.63) is 40.0 Å². The number of nitrogens with one attached hydrogen (secondary N) is 1. The van der Waals surface area contributed by atoms with Crippen LogP contribution in [0.5, 0.6) is 0 Å². The largest absolute Gasteiger partial charge is 0.340 e. The first-order valence-corrected chi connectivity index (χ1v) is 8.24. The predicted octanol–water partition coefficient (Wildman–Crippen LogP) is 4.19. The number of rotatable bonds is 3. The summed E-state index contributed by atoms with van der Waals surface area (Å²) in [6.45, 7) is 0. The Morgan fingerprint density at radius 2 is 1.95 bits per heavy atom. The molecule has 0 amide bonds. The topological polar surface area (TPSA) is 37.8 Å². The number of aromatic nitrogens is 2. The maximum Gasteiger partial charge on any atom is 0.189 e. The second-order valence-corrected chi connectivity index (χ2v) is 6.16. The molecule has 1 aromatic heterocycles. The summed E-state index contributed by atoms with van der Waals surface area (Å²) in [7, 11) is 0. The third kappa shape index (κ3) is 2.77. The lowest BCUT2D eigenvalue weighted by atomic mass is 10.2. The van der Waals surface area contributed by atoms with E-state index >= 15 is 0 Å². The molecule has 0 fully saturated rings. The Balaban J connectivity index is 1.95. The van der Waals surface area contributed by atoms with E-state index in [0.717, 1.165) is 34.0 Å². The van der Waals surface area contributed by atoms with Crippen LogP contribution in [0.1, 0.15) is 17.7 Å². The van der Waals surface area contributed by atoms with Crippen LogP contribution in [0, 0.1) is 0 Å². The summed E-state index contributed by atoms with van der Waals surface area (Å²) in [5.74, 6) is 0.967. The normalized spacial score (nSPS) is 13.4. The molecule has 3 rings (SSSR count). The highest BCUT2D eigenvalue weighted by Crippen LogP contribution is 2.30. The number of hydrogen-bond acceptors (Lipinski definition) is 4. The number of hydrogen-bond donors (Lipinski definition) is 1. The van der Waals surface area contributed by atoms with Gasteiger partial charge in [0.2, 0.25) is 0 Å². The van der Waals surface area contributed by atoms with E-state index < -0.39 is 0 Å². The molecule has 1 aromatic carbocycles. The number of fused-ring (bicyclic) bond motifs is 1. The van der Waals surface area contributed by atoms with Gasteiger partial charge in [-0.1, -0.05) is 27.7 Å². The SMILES string of the molecule is CSc1nc2c(c(Nc3ccc(Br)cc3)n1)CCC2. The van der Waals surface area contributed by atoms with Crippen molar-refractivity contribution >= 4 is 39.2 Å². The fourth-order valence-corrected chi connectivity index (χ4v) is 2.92. The maximum absolute atomic E-state index is 4.61. The molecule has 0 atom stereocenters. The minimum atomic E-state index is 0.847. The fourth-order valence-electron chi connectivity index (χ4n) is 2.27. The molecule has 2 aromatic rings. The second-order valence-electron chi connectivity index (χ2n) is 4.47. The summed E-state index contributed by atoms with van der Waals surface area (Å²) in [6, 6.07) is 8.15. The Bertz CT molecular complexity index is 598. The van der Waals surface area contributed by atoms with Crippen LogP contribution in [0.4, 0.5) is 11.5 Å². The van der Waals surface area contributed by atoms with Crippen LogP contribution < -0.4 is 5.32 Å². The average molecular weight is 336 g/mol. The van der Waals surface area contributed by atoms with Gasteiger partial charge in [-0.25, -0.2) is 9.97 Å². The molecular formula is C14H14BrN3S. The van der Waals surface area contributed by atoms with Gasteiger partial charge in [0.05, 0.1) is 5.69 Å². The van der Waals surface area contributed by atoms with Crippen molar-refractivity contribution in [2.45, 2.75) is 24.4 Å². The lowest BCUT2D eigenvalue weighted by Gasteiger charge is -2.11. The van der Waals surface area contributed by atoms with Crippen molar-refractivity contribution < 1.29 is 0 Å². The fraction of sp³-hybridized carbons (Fsp3) is 0.286. The quantitative estimate of drug-likeness (QED) is 0.674. The van der Waals surface area contributed by atoms with Gasteiger partial charge in [0.1, 0.15) is 5.82 Å². The third-order valence-electron chi connectivity index (χ3n) is 3.20. The summed E-state index contributed by atoms with van der Waals surface area (Å²) in [5.41, 5.74) is 3.54. The number of nitrogens with zero attached hydrogens (tertiary/aromatic N) is 2. The van der Waals surface area contributed by atoms with Crippen LogP contribution in [0.15, 0.2) is 33.9 Å². The number of anilines is 2. The summed E-state index contributed by atoms with van der Waals surface area (Å²) in [6.07, 6.45) is 5.33. The summed E-state index contributed by atoms with van der Waals surface area (Å²) >= 11 is 5.04. The maximum atomic E-state index is 4.61. The van der Waals surface area contributed by atoms with E-state index in [1.165, 1.54) is 17.7 Å². The number of thioether (sulfide) groups is 1. The molecule has 1 heterocycles. The Hall–Kier alpha value is -1.07. The molecule has 0 saturated carbocycles. The van der Waals surface area contributed by atoms with Gasteiger partial charge in [-0.15, -0.1) is 0 Å². The van der Waals surface area contributed by atoms with E-state index in [-0.39, 0.29) is 0 Å². The van der Waals surface area contributed by atoms with Crippen molar-refractivity contribution in [3.8, 4) is 0 Å². The molecule has 1 aliphatic carbocycles. The lowest BCUT2D eigenvalue weighted by molar-refractivity contribution is 0.879. The minimum absolute atomic E-state index is 0.847.